The Morgan fingerprint density at radius 1 is 1.43 bits per heavy atom. The van der Waals surface area contributed by atoms with E-state index in [0.29, 0.717) is 5.56 Å². The van der Waals surface area contributed by atoms with Crippen LogP contribution in [-0.4, -0.2) is 17.6 Å². The van der Waals surface area contributed by atoms with Crippen molar-refractivity contribution in [3.05, 3.63) is 29.6 Å². The van der Waals surface area contributed by atoms with Gasteiger partial charge >= 0.3 is 6.18 Å². The van der Waals surface area contributed by atoms with E-state index in [0.717, 1.165) is 24.9 Å². The van der Waals surface area contributed by atoms with Gasteiger partial charge in [-0.25, -0.2) is 0 Å². The molecule has 1 saturated heterocycles. The minimum absolute atomic E-state index is 0.232. The number of hydrogen-bond acceptors (Lipinski definition) is 3. The first-order valence-electron chi connectivity index (χ1n) is 7.36. The second-order valence-electron chi connectivity index (χ2n) is 5.37. The Morgan fingerprint density at radius 2 is 2.14 bits per heavy atom. The maximum atomic E-state index is 12.2. The summed E-state index contributed by atoms with van der Waals surface area (Å²) in [4.78, 5) is 3.35. The lowest BCUT2D eigenvalue weighted by Gasteiger charge is -2.11. The highest BCUT2D eigenvalue weighted by atomic mass is 19.4. The van der Waals surface area contributed by atoms with Crippen molar-refractivity contribution in [2.45, 2.75) is 57.8 Å². The summed E-state index contributed by atoms with van der Waals surface area (Å²) in [5.74, 6) is 0. The van der Waals surface area contributed by atoms with E-state index in [9.17, 15) is 13.2 Å². The molecule has 6 heteroatoms. The minimum Gasteiger partial charge on any atom is -0.324 e. The molecule has 21 heavy (non-hydrogen) atoms. The molecular weight excluding hydrogens is 279 g/mol. The standard InChI is InChI=1S/C10H13F3N2.C5H11N/c1-2-3-8(14)7-4-5-9(15-6-7)10(11,12)13;1-5-3-2-4-6-5/h4-6,8H,2-3,14H2,1H3;5-6H,2-4H2,1H3/t8-;/m1./s1. The third kappa shape index (κ3) is 6.44. The number of rotatable bonds is 3. The molecule has 1 fully saturated rings. The number of pyridine rings is 1. The van der Waals surface area contributed by atoms with Crippen molar-refractivity contribution in [3.8, 4) is 0 Å². The fourth-order valence-corrected chi connectivity index (χ4v) is 2.13. The molecule has 0 saturated carbocycles. The zero-order valence-corrected chi connectivity index (χ0v) is 12.6. The first-order chi connectivity index (χ1) is 9.84. The van der Waals surface area contributed by atoms with E-state index in [1.807, 2.05) is 6.92 Å². The van der Waals surface area contributed by atoms with Crippen LogP contribution < -0.4 is 11.1 Å². The van der Waals surface area contributed by atoms with Crippen LogP contribution in [0.2, 0.25) is 0 Å². The van der Waals surface area contributed by atoms with Gasteiger partial charge < -0.3 is 11.1 Å². The summed E-state index contributed by atoms with van der Waals surface area (Å²) in [6, 6.07) is 2.91. The Bertz CT molecular complexity index is 398. The van der Waals surface area contributed by atoms with Gasteiger partial charge in [-0.2, -0.15) is 13.2 Å². The van der Waals surface area contributed by atoms with Crippen LogP contribution >= 0.6 is 0 Å². The van der Waals surface area contributed by atoms with Crippen molar-refractivity contribution in [2.75, 3.05) is 6.54 Å². The second kappa shape index (κ2) is 8.34. The maximum Gasteiger partial charge on any atom is 0.433 e. The highest BCUT2D eigenvalue weighted by Crippen LogP contribution is 2.28. The van der Waals surface area contributed by atoms with Gasteiger partial charge in [0.2, 0.25) is 0 Å². The smallest absolute Gasteiger partial charge is 0.324 e. The number of nitrogens with one attached hydrogen (secondary N) is 1. The van der Waals surface area contributed by atoms with Crippen LogP contribution in [0.1, 0.15) is 56.8 Å². The van der Waals surface area contributed by atoms with Crippen LogP contribution in [0.3, 0.4) is 0 Å². The normalized spacial score (nSPS) is 19.8. The van der Waals surface area contributed by atoms with Crippen molar-refractivity contribution in [2.24, 2.45) is 5.73 Å². The van der Waals surface area contributed by atoms with E-state index < -0.39 is 11.9 Å². The van der Waals surface area contributed by atoms with Crippen molar-refractivity contribution in [3.63, 3.8) is 0 Å². The molecule has 0 amide bonds. The topological polar surface area (TPSA) is 50.9 Å². The van der Waals surface area contributed by atoms with Crippen LogP contribution in [0, 0.1) is 0 Å². The Balaban J connectivity index is 0.000000304. The first-order valence-corrected chi connectivity index (χ1v) is 7.36. The van der Waals surface area contributed by atoms with Crippen molar-refractivity contribution in [1.82, 2.24) is 10.3 Å². The highest BCUT2D eigenvalue weighted by Gasteiger charge is 2.32. The summed E-state index contributed by atoms with van der Waals surface area (Å²) in [6.07, 6.45) is 1.20. The summed E-state index contributed by atoms with van der Waals surface area (Å²) in [5.41, 5.74) is 5.51. The number of alkyl halides is 3. The molecule has 0 radical (unpaired) electrons. The number of aromatic nitrogens is 1. The molecule has 0 spiro atoms. The van der Waals surface area contributed by atoms with E-state index in [2.05, 4.69) is 17.2 Å². The number of nitrogens with zero attached hydrogens (tertiary/aromatic N) is 1. The third-order valence-corrected chi connectivity index (χ3v) is 3.41. The summed E-state index contributed by atoms with van der Waals surface area (Å²) in [6.45, 7) is 5.44. The summed E-state index contributed by atoms with van der Waals surface area (Å²) >= 11 is 0. The highest BCUT2D eigenvalue weighted by molar-refractivity contribution is 5.18. The summed E-state index contributed by atoms with van der Waals surface area (Å²) in [7, 11) is 0. The summed E-state index contributed by atoms with van der Waals surface area (Å²) in [5, 5.41) is 3.32. The van der Waals surface area contributed by atoms with E-state index >= 15 is 0 Å². The fraction of sp³-hybridized carbons (Fsp3) is 0.667. The Morgan fingerprint density at radius 3 is 2.48 bits per heavy atom. The average molecular weight is 303 g/mol. The van der Waals surface area contributed by atoms with Gasteiger partial charge in [0.1, 0.15) is 5.69 Å². The molecule has 3 N–H and O–H groups in total. The minimum atomic E-state index is -4.38. The molecule has 1 aromatic rings. The zero-order chi connectivity index (χ0) is 15.9. The molecule has 1 aromatic heterocycles. The predicted molar refractivity (Wildman–Crippen MR) is 77.8 cm³/mol. The second-order valence-corrected chi connectivity index (χ2v) is 5.37. The van der Waals surface area contributed by atoms with Crippen molar-refractivity contribution < 1.29 is 13.2 Å². The molecular formula is C15H24F3N3. The van der Waals surface area contributed by atoms with E-state index in [1.54, 1.807) is 0 Å². The lowest BCUT2D eigenvalue weighted by molar-refractivity contribution is -0.141. The SMILES string of the molecule is CC1CCCN1.CCC[C@@H](N)c1ccc(C(F)(F)F)nc1. The van der Waals surface area contributed by atoms with Crippen LogP contribution in [0.15, 0.2) is 18.3 Å². The van der Waals surface area contributed by atoms with Crippen LogP contribution in [-0.2, 0) is 6.18 Å². The van der Waals surface area contributed by atoms with Gasteiger partial charge in [0.25, 0.3) is 0 Å². The maximum absolute atomic E-state index is 12.2. The predicted octanol–water partition coefficient (Wildman–Crippen LogP) is 3.66. The Kier molecular flexibility index (Phi) is 7.11. The lowest BCUT2D eigenvalue weighted by atomic mass is 10.1. The first kappa shape index (κ1) is 17.9. The zero-order valence-electron chi connectivity index (χ0n) is 12.6. The number of hydrogen-bond donors (Lipinski definition) is 2. The molecule has 2 atom stereocenters. The monoisotopic (exact) mass is 303 g/mol. The number of halogens is 3. The largest absolute Gasteiger partial charge is 0.433 e. The van der Waals surface area contributed by atoms with Gasteiger partial charge in [-0.05, 0) is 44.4 Å². The number of nitrogens with two attached hydrogens (primary N) is 1. The van der Waals surface area contributed by atoms with Gasteiger partial charge in [0.05, 0.1) is 0 Å². The fourth-order valence-electron chi connectivity index (χ4n) is 2.13. The van der Waals surface area contributed by atoms with Gasteiger partial charge in [-0.3, -0.25) is 4.98 Å². The van der Waals surface area contributed by atoms with Crippen LogP contribution in [0.4, 0.5) is 13.2 Å². The van der Waals surface area contributed by atoms with Crippen molar-refractivity contribution in [1.29, 1.82) is 0 Å². The Labute approximate surface area is 124 Å². The third-order valence-electron chi connectivity index (χ3n) is 3.41. The molecule has 0 bridgehead atoms. The molecule has 1 aliphatic heterocycles. The van der Waals surface area contributed by atoms with Gasteiger partial charge in [0, 0.05) is 18.3 Å². The van der Waals surface area contributed by atoms with Gasteiger partial charge in [-0.1, -0.05) is 19.4 Å². The molecule has 1 unspecified atom stereocenters. The van der Waals surface area contributed by atoms with Crippen LogP contribution in [0.25, 0.3) is 0 Å². The molecule has 0 aliphatic carbocycles. The summed E-state index contributed by atoms with van der Waals surface area (Å²) < 4.78 is 36.5. The van der Waals surface area contributed by atoms with E-state index in [4.69, 9.17) is 5.73 Å². The Hall–Kier alpha value is -1.14. The molecule has 1 aliphatic rings. The lowest BCUT2D eigenvalue weighted by Crippen LogP contribution is -2.16. The van der Waals surface area contributed by atoms with Crippen molar-refractivity contribution >= 4 is 0 Å². The van der Waals surface area contributed by atoms with E-state index in [1.165, 1.54) is 31.6 Å². The van der Waals surface area contributed by atoms with Gasteiger partial charge in [0.15, 0.2) is 0 Å². The molecule has 0 aromatic carbocycles. The average Bonchev–Trinajstić information content (AvgIpc) is 2.90. The molecule has 2 rings (SSSR count). The van der Waals surface area contributed by atoms with E-state index in [-0.39, 0.29) is 6.04 Å². The molecule has 120 valence electrons. The molecule has 2 heterocycles. The van der Waals surface area contributed by atoms with Gasteiger partial charge in [-0.15, -0.1) is 0 Å². The van der Waals surface area contributed by atoms with Crippen LogP contribution in [0.5, 0.6) is 0 Å². The molecule has 3 nitrogen and oxygen atoms in total. The quantitative estimate of drug-likeness (QED) is 0.896.